The number of anilines is 2. The Morgan fingerprint density at radius 2 is 1.57 bits per heavy atom. The number of hydrogen-bond acceptors (Lipinski definition) is 7. The summed E-state index contributed by atoms with van der Waals surface area (Å²) in [5.41, 5.74) is 4.56. The van der Waals surface area contributed by atoms with Crippen molar-refractivity contribution >= 4 is 50.8 Å². The van der Waals surface area contributed by atoms with Crippen molar-refractivity contribution < 1.29 is 22.7 Å². The molecule has 1 aliphatic carbocycles. The lowest BCUT2D eigenvalue weighted by Gasteiger charge is -2.50. The average Bonchev–Trinajstić information content (AvgIpc) is 3.12. The Morgan fingerprint density at radius 3 is 2.09 bits per heavy atom. The maximum absolute atomic E-state index is 14.0. The summed E-state index contributed by atoms with van der Waals surface area (Å²) in [5, 5.41) is -0.135. The van der Waals surface area contributed by atoms with Gasteiger partial charge in [0.05, 0.1) is 5.69 Å². The van der Waals surface area contributed by atoms with Crippen LogP contribution in [0.25, 0.3) is 5.65 Å². The van der Waals surface area contributed by atoms with Crippen LogP contribution in [0.15, 0.2) is 35.1 Å². The molecule has 13 heteroatoms. The van der Waals surface area contributed by atoms with Crippen molar-refractivity contribution in [1.82, 2.24) is 14.1 Å². The Labute approximate surface area is 263 Å². The Morgan fingerprint density at radius 1 is 1.02 bits per heavy atom. The molecular weight excluding hydrogens is 606 g/mol. The van der Waals surface area contributed by atoms with Gasteiger partial charge in [0.25, 0.3) is 11.5 Å². The molecule has 11 nitrogen and oxygen atoms in total. The smallest absolute Gasteiger partial charge is 0.342 e. The summed E-state index contributed by atoms with van der Waals surface area (Å²) in [4.78, 5) is 43.3. The van der Waals surface area contributed by atoms with Crippen molar-refractivity contribution in [3.8, 4) is 0 Å². The number of H-pyrrole nitrogens is 1. The van der Waals surface area contributed by atoms with Gasteiger partial charge in [-0.05, 0) is 48.6 Å². The van der Waals surface area contributed by atoms with Crippen LogP contribution < -0.4 is 20.7 Å². The first kappa shape index (κ1) is 33.4. The van der Waals surface area contributed by atoms with E-state index in [1.165, 1.54) is 12.1 Å². The second kappa shape index (κ2) is 11.8. The highest BCUT2D eigenvalue weighted by molar-refractivity contribution is 7.91. The van der Waals surface area contributed by atoms with Gasteiger partial charge >= 0.3 is 16.2 Å². The SMILES string of the molecule is Cc1c(C(=O)OC2C(C(C)(C)C)CC(C)CC2C(C)(C)C)c2[nH]c(N)c(C(=O)NS(=O)(=O)Nc3ccccc3)c(=O)n2c1Cl. The topological polar surface area (TPSA) is 165 Å². The zero-order chi connectivity index (χ0) is 32.9. The van der Waals surface area contributed by atoms with E-state index in [9.17, 15) is 22.8 Å². The van der Waals surface area contributed by atoms with E-state index in [1.807, 2.05) is 0 Å². The molecule has 240 valence electrons. The molecule has 0 spiro atoms. The van der Waals surface area contributed by atoms with Gasteiger partial charge in [0.15, 0.2) is 0 Å². The van der Waals surface area contributed by atoms with E-state index in [0.29, 0.717) is 5.92 Å². The molecule has 0 saturated heterocycles. The number of ether oxygens (including phenoxy) is 1. The number of amides is 1. The number of aromatic amines is 1. The molecule has 5 N–H and O–H groups in total. The lowest BCUT2D eigenvalue weighted by Crippen LogP contribution is -2.49. The second-order valence-corrected chi connectivity index (χ2v) is 15.8. The van der Waals surface area contributed by atoms with Crippen LogP contribution in [0.1, 0.15) is 87.6 Å². The van der Waals surface area contributed by atoms with E-state index in [4.69, 9.17) is 22.1 Å². The zero-order valence-corrected chi connectivity index (χ0v) is 27.9. The molecule has 2 atom stereocenters. The van der Waals surface area contributed by atoms with Crippen LogP contribution in [0.4, 0.5) is 11.5 Å². The fraction of sp³-hybridized carbons (Fsp3) is 0.516. The van der Waals surface area contributed by atoms with Crippen molar-refractivity contribution in [1.29, 1.82) is 0 Å². The van der Waals surface area contributed by atoms with Gasteiger partial charge < -0.3 is 15.5 Å². The first-order chi connectivity index (χ1) is 20.2. The molecule has 1 fully saturated rings. The van der Waals surface area contributed by atoms with Crippen LogP contribution in [-0.4, -0.2) is 35.8 Å². The maximum atomic E-state index is 14.0. The summed E-state index contributed by atoms with van der Waals surface area (Å²) in [7, 11) is -4.42. The number of rotatable bonds is 6. The molecule has 1 saturated carbocycles. The second-order valence-electron chi connectivity index (χ2n) is 14.0. The standard InChI is InChI=1S/C31H42ClN5O6S/c1-16-14-19(30(3,4)5)23(20(15-16)31(6,7)8)43-29(40)21-17(2)24(32)37-26(21)34-25(33)22(28(37)39)27(38)36-44(41,42)35-18-12-10-9-11-13-18/h9-13,16,19-20,23,34-35H,14-15,33H2,1-8H3,(H,36,38). The summed E-state index contributed by atoms with van der Waals surface area (Å²) < 4.78 is 36.5. The van der Waals surface area contributed by atoms with Crippen LogP contribution in [0, 0.1) is 35.5 Å². The Kier molecular flexibility index (Phi) is 8.93. The average molecular weight is 648 g/mol. The van der Waals surface area contributed by atoms with Gasteiger partial charge in [-0.3, -0.25) is 18.7 Å². The molecule has 1 aromatic carbocycles. The third-order valence-electron chi connectivity index (χ3n) is 8.54. The molecule has 44 heavy (non-hydrogen) atoms. The Balaban J connectivity index is 1.73. The molecule has 1 amide bonds. The normalized spacial score (nSPS) is 21.2. The number of nitrogens with zero attached hydrogens (tertiary/aromatic N) is 1. The predicted molar refractivity (Wildman–Crippen MR) is 172 cm³/mol. The highest BCUT2D eigenvalue weighted by atomic mass is 35.5. The minimum atomic E-state index is -4.42. The van der Waals surface area contributed by atoms with Crippen LogP contribution >= 0.6 is 11.6 Å². The molecule has 2 aromatic heterocycles. The minimum Gasteiger partial charge on any atom is -0.458 e. The number of nitrogen functional groups attached to an aromatic ring is 1. The van der Waals surface area contributed by atoms with Crippen molar-refractivity contribution in [3.05, 3.63) is 62.5 Å². The molecule has 4 rings (SSSR count). The summed E-state index contributed by atoms with van der Waals surface area (Å²) in [6.45, 7) is 16.7. The Bertz CT molecular complexity index is 1730. The van der Waals surface area contributed by atoms with E-state index in [-0.39, 0.29) is 50.3 Å². The highest BCUT2D eigenvalue weighted by Gasteiger charge is 2.48. The maximum Gasteiger partial charge on any atom is 0.342 e. The number of aromatic nitrogens is 2. The number of carbonyl (C=O) groups is 2. The lowest BCUT2D eigenvalue weighted by molar-refractivity contribution is -0.0922. The zero-order valence-electron chi connectivity index (χ0n) is 26.4. The monoisotopic (exact) mass is 647 g/mol. The summed E-state index contributed by atoms with van der Waals surface area (Å²) in [6.07, 6.45) is 1.40. The lowest BCUT2D eigenvalue weighted by atomic mass is 9.59. The van der Waals surface area contributed by atoms with Crippen molar-refractivity contribution in [2.75, 3.05) is 10.5 Å². The van der Waals surface area contributed by atoms with Crippen LogP contribution in [-0.2, 0) is 14.9 Å². The largest absolute Gasteiger partial charge is 0.458 e. The van der Waals surface area contributed by atoms with Gasteiger partial charge in [-0.2, -0.15) is 8.42 Å². The highest BCUT2D eigenvalue weighted by Crippen LogP contribution is 2.50. The van der Waals surface area contributed by atoms with Gasteiger partial charge in [0.2, 0.25) is 0 Å². The molecule has 3 aromatic rings. The molecule has 0 bridgehead atoms. The number of para-hydroxylation sites is 1. The number of carbonyl (C=O) groups excluding carboxylic acids is 2. The van der Waals surface area contributed by atoms with Crippen LogP contribution in [0.3, 0.4) is 0 Å². The summed E-state index contributed by atoms with van der Waals surface area (Å²) in [6, 6.07) is 7.88. The third-order valence-corrected chi connectivity index (χ3v) is 9.95. The van der Waals surface area contributed by atoms with Gasteiger partial charge in [-0.25, -0.2) is 9.52 Å². The van der Waals surface area contributed by atoms with Crippen LogP contribution in [0.2, 0.25) is 5.15 Å². The van der Waals surface area contributed by atoms with Crippen molar-refractivity contribution in [3.63, 3.8) is 0 Å². The first-order valence-corrected chi connectivity index (χ1v) is 16.4. The molecule has 1 aliphatic rings. The van der Waals surface area contributed by atoms with Gasteiger partial charge in [-0.15, -0.1) is 0 Å². The van der Waals surface area contributed by atoms with E-state index in [2.05, 4.69) is 58.2 Å². The van der Waals surface area contributed by atoms with Crippen molar-refractivity contribution in [2.24, 2.45) is 28.6 Å². The molecule has 2 heterocycles. The number of nitrogens with two attached hydrogens (primary N) is 1. The number of benzene rings is 1. The molecule has 2 unspecified atom stereocenters. The van der Waals surface area contributed by atoms with Crippen LogP contribution in [0.5, 0.6) is 0 Å². The predicted octanol–water partition coefficient (Wildman–Crippen LogP) is 5.54. The molecular formula is C31H42ClN5O6S. The van der Waals surface area contributed by atoms with Gasteiger partial charge in [0, 0.05) is 17.4 Å². The van der Waals surface area contributed by atoms with E-state index < -0.39 is 45.1 Å². The molecule has 0 radical (unpaired) electrons. The summed E-state index contributed by atoms with van der Waals surface area (Å²) in [5.74, 6) is -1.78. The first-order valence-electron chi connectivity index (χ1n) is 14.6. The quantitative estimate of drug-likeness (QED) is 0.255. The van der Waals surface area contributed by atoms with E-state index in [0.717, 1.165) is 17.2 Å². The van der Waals surface area contributed by atoms with Gasteiger partial charge in [0.1, 0.15) is 33.8 Å². The van der Waals surface area contributed by atoms with E-state index in [1.54, 1.807) is 29.8 Å². The van der Waals surface area contributed by atoms with E-state index >= 15 is 0 Å². The van der Waals surface area contributed by atoms with Crippen molar-refractivity contribution in [2.45, 2.75) is 74.3 Å². The number of esters is 1. The fourth-order valence-electron chi connectivity index (χ4n) is 6.27. The minimum absolute atomic E-state index is 0.0167. The Hall–Kier alpha value is -3.51. The summed E-state index contributed by atoms with van der Waals surface area (Å²) >= 11 is 6.56. The number of nitrogens with one attached hydrogen (secondary N) is 3. The molecule has 0 aliphatic heterocycles. The number of hydrogen-bond donors (Lipinski definition) is 4. The fourth-order valence-corrected chi connectivity index (χ4v) is 7.36. The third kappa shape index (κ3) is 6.61. The number of halogens is 1. The number of fused-ring (bicyclic) bond motifs is 1. The van der Waals surface area contributed by atoms with Gasteiger partial charge in [-0.1, -0.05) is 78.3 Å².